The number of esters is 2. The van der Waals surface area contributed by atoms with E-state index in [1.54, 1.807) is 13.8 Å². The van der Waals surface area contributed by atoms with Gasteiger partial charge in [-0.15, -0.1) is 23.1 Å². The summed E-state index contributed by atoms with van der Waals surface area (Å²) in [5.41, 5.74) is 4.96. The van der Waals surface area contributed by atoms with Gasteiger partial charge in [-0.3, -0.25) is 19.3 Å². The van der Waals surface area contributed by atoms with Gasteiger partial charge in [0, 0.05) is 25.2 Å². The topological polar surface area (TPSA) is 183 Å². The molecule has 0 spiro atoms. The molecule has 0 saturated carbocycles. The minimum atomic E-state index is -1.20. The number of nitrogen functional groups attached to an aromatic ring is 1. The molecule has 1 saturated heterocycles. The Balaban J connectivity index is 1.74. The number of nitrogens with zero attached hydrogens (tertiary/aromatic N) is 3. The summed E-state index contributed by atoms with van der Waals surface area (Å²) in [5, 5.41) is 15.8. The van der Waals surface area contributed by atoms with Gasteiger partial charge < -0.3 is 30.5 Å². The lowest BCUT2D eigenvalue weighted by Crippen LogP contribution is -2.71. The standard InChI is InChI=1S/C22H29N5O8S2/c1-6-22(3,4)20(31)35-10(2)34-19(30)15-11(7-33-5)8-36-18-14(17(29)27(15)18)25-16(28)13(26-32)12-9-37-21(23)24-12/h9-10,14,18,32H,6-8H2,1-5H3,(H2,23,24)(H,25,28)/b26-13-/t10?,14?,18-/m1/s1. The van der Waals surface area contributed by atoms with Gasteiger partial charge in [0.1, 0.15) is 22.8 Å². The van der Waals surface area contributed by atoms with E-state index in [-0.39, 0.29) is 23.1 Å². The maximum atomic E-state index is 13.1. The second-order valence-electron chi connectivity index (χ2n) is 8.88. The Kier molecular flexibility index (Phi) is 8.81. The van der Waals surface area contributed by atoms with Crippen molar-refractivity contribution >= 4 is 57.7 Å². The largest absolute Gasteiger partial charge is 0.425 e. The summed E-state index contributed by atoms with van der Waals surface area (Å²) in [6.45, 7) is 6.75. The number of carbonyl (C=O) groups is 4. The Labute approximate surface area is 221 Å². The SMILES string of the molecule is CCC(C)(C)C(=O)OC(C)OC(=O)C1=C(COC)CS[C@@H]2C(NC(=O)/C(=N\O)c3csc(N)n3)C(=O)N12. The molecule has 4 N–H and O–H groups in total. The average molecular weight is 556 g/mol. The summed E-state index contributed by atoms with van der Waals surface area (Å²) in [6, 6.07) is -1.00. The summed E-state index contributed by atoms with van der Waals surface area (Å²) < 4.78 is 15.8. The molecule has 2 amide bonds. The van der Waals surface area contributed by atoms with E-state index in [2.05, 4.69) is 15.5 Å². The van der Waals surface area contributed by atoms with Crippen molar-refractivity contribution in [2.24, 2.45) is 10.6 Å². The number of amides is 2. The van der Waals surface area contributed by atoms with Crippen LogP contribution in [0.1, 0.15) is 39.8 Å². The maximum Gasteiger partial charge on any atom is 0.358 e. The fourth-order valence-corrected chi connectivity index (χ4v) is 5.34. The van der Waals surface area contributed by atoms with Crippen LogP contribution >= 0.6 is 23.1 Å². The maximum absolute atomic E-state index is 13.1. The van der Waals surface area contributed by atoms with Crippen LogP contribution in [0.25, 0.3) is 0 Å². The highest BCUT2D eigenvalue weighted by molar-refractivity contribution is 8.00. The predicted octanol–water partition coefficient (Wildman–Crippen LogP) is 1.07. The number of thioether (sulfide) groups is 1. The number of hydrogen-bond acceptors (Lipinski definition) is 13. The lowest BCUT2D eigenvalue weighted by molar-refractivity contribution is -0.190. The third kappa shape index (κ3) is 5.88. The van der Waals surface area contributed by atoms with Crippen molar-refractivity contribution in [3.05, 3.63) is 22.3 Å². The average Bonchev–Trinajstić information content (AvgIpc) is 3.28. The number of hydrogen-bond donors (Lipinski definition) is 3. The van der Waals surface area contributed by atoms with Crippen molar-refractivity contribution in [1.29, 1.82) is 0 Å². The zero-order valence-corrected chi connectivity index (χ0v) is 22.6. The van der Waals surface area contributed by atoms with Crippen LogP contribution in [-0.4, -0.2) is 81.7 Å². The van der Waals surface area contributed by atoms with Crippen LogP contribution in [0.5, 0.6) is 0 Å². The number of anilines is 1. The highest BCUT2D eigenvalue weighted by atomic mass is 32.2. The van der Waals surface area contributed by atoms with E-state index in [9.17, 15) is 24.4 Å². The molecule has 2 unspecified atom stereocenters. The first-order valence-electron chi connectivity index (χ1n) is 11.3. The van der Waals surface area contributed by atoms with Crippen molar-refractivity contribution in [2.45, 2.75) is 51.8 Å². The Morgan fingerprint density at radius 1 is 1.38 bits per heavy atom. The van der Waals surface area contributed by atoms with Gasteiger partial charge in [0.2, 0.25) is 6.29 Å². The molecule has 2 aliphatic heterocycles. The van der Waals surface area contributed by atoms with E-state index in [0.717, 1.165) is 11.3 Å². The van der Waals surface area contributed by atoms with Crippen LogP contribution in [0.15, 0.2) is 21.8 Å². The summed E-state index contributed by atoms with van der Waals surface area (Å²) >= 11 is 2.37. The molecule has 0 radical (unpaired) electrons. The number of fused-ring (bicyclic) bond motifs is 1. The van der Waals surface area contributed by atoms with Crippen molar-refractivity contribution in [1.82, 2.24) is 15.2 Å². The molecule has 1 fully saturated rings. The molecule has 3 rings (SSSR count). The van der Waals surface area contributed by atoms with Crippen molar-refractivity contribution in [3.8, 4) is 0 Å². The van der Waals surface area contributed by atoms with E-state index in [1.807, 2.05) is 6.92 Å². The lowest BCUT2D eigenvalue weighted by Gasteiger charge is -2.49. The molecule has 15 heteroatoms. The normalized spacial score (nSPS) is 20.6. The summed E-state index contributed by atoms with van der Waals surface area (Å²) in [6.07, 6.45) is -0.668. The number of aromatic nitrogens is 1. The van der Waals surface area contributed by atoms with Crippen LogP contribution < -0.4 is 11.1 Å². The van der Waals surface area contributed by atoms with Gasteiger partial charge in [-0.1, -0.05) is 12.1 Å². The summed E-state index contributed by atoms with van der Waals surface area (Å²) in [5.74, 6) is -2.47. The third-order valence-electron chi connectivity index (χ3n) is 5.91. The number of carbonyl (C=O) groups excluding carboxylic acids is 4. The number of β-lactam (4-membered cyclic amide) rings is 1. The number of rotatable bonds is 10. The number of nitrogens with one attached hydrogen (secondary N) is 1. The van der Waals surface area contributed by atoms with Gasteiger partial charge in [-0.2, -0.15) is 0 Å². The molecule has 1 aromatic heterocycles. The van der Waals surface area contributed by atoms with E-state index < -0.39 is 52.6 Å². The molecule has 37 heavy (non-hydrogen) atoms. The van der Waals surface area contributed by atoms with Gasteiger partial charge in [0.25, 0.3) is 11.8 Å². The Hall–Kier alpha value is -3.17. The van der Waals surface area contributed by atoms with Crippen LogP contribution in [0.4, 0.5) is 5.13 Å². The van der Waals surface area contributed by atoms with Crippen LogP contribution in [0, 0.1) is 5.41 Å². The number of methoxy groups -OCH3 is 1. The van der Waals surface area contributed by atoms with Crippen molar-refractivity contribution in [3.63, 3.8) is 0 Å². The summed E-state index contributed by atoms with van der Waals surface area (Å²) in [7, 11) is 1.45. The quantitative estimate of drug-likeness (QED) is 0.0937. The molecular weight excluding hydrogens is 526 g/mol. The minimum absolute atomic E-state index is 0.0259. The van der Waals surface area contributed by atoms with Crippen LogP contribution in [-0.2, 0) is 33.4 Å². The Bertz CT molecular complexity index is 1150. The Morgan fingerprint density at radius 2 is 2.08 bits per heavy atom. The summed E-state index contributed by atoms with van der Waals surface area (Å²) in [4.78, 5) is 56.4. The highest BCUT2D eigenvalue weighted by Gasteiger charge is 2.55. The highest BCUT2D eigenvalue weighted by Crippen LogP contribution is 2.41. The molecule has 3 atom stereocenters. The van der Waals surface area contributed by atoms with E-state index in [1.165, 1.54) is 36.1 Å². The van der Waals surface area contributed by atoms with Gasteiger partial charge in [-0.05, 0) is 25.8 Å². The molecule has 2 aliphatic rings. The first-order chi connectivity index (χ1) is 17.4. The van der Waals surface area contributed by atoms with Crippen molar-refractivity contribution < 1.29 is 38.6 Å². The van der Waals surface area contributed by atoms with Gasteiger partial charge >= 0.3 is 11.9 Å². The monoisotopic (exact) mass is 555 g/mol. The number of ether oxygens (including phenoxy) is 3. The number of thiazole rings is 1. The fourth-order valence-electron chi connectivity index (χ4n) is 3.46. The molecule has 1 aromatic rings. The minimum Gasteiger partial charge on any atom is -0.425 e. The smallest absolute Gasteiger partial charge is 0.358 e. The molecule has 0 bridgehead atoms. The van der Waals surface area contributed by atoms with Crippen LogP contribution in [0.2, 0.25) is 0 Å². The predicted molar refractivity (Wildman–Crippen MR) is 134 cm³/mol. The fraction of sp³-hybridized carbons (Fsp3) is 0.545. The van der Waals surface area contributed by atoms with Crippen LogP contribution in [0.3, 0.4) is 0 Å². The van der Waals surface area contributed by atoms with Gasteiger partial charge in [0.15, 0.2) is 10.8 Å². The molecule has 13 nitrogen and oxygen atoms in total. The second-order valence-corrected chi connectivity index (χ2v) is 10.9. The zero-order valence-electron chi connectivity index (χ0n) is 21.0. The third-order valence-corrected chi connectivity index (χ3v) is 7.92. The van der Waals surface area contributed by atoms with Gasteiger partial charge in [0.05, 0.1) is 12.0 Å². The van der Waals surface area contributed by atoms with E-state index >= 15 is 0 Å². The molecule has 3 heterocycles. The van der Waals surface area contributed by atoms with Gasteiger partial charge in [-0.25, -0.2) is 9.78 Å². The van der Waals surface area contributed by atoms with Crippen molar-refractivity contribution in [2.75, 3.05) is 25.2 Å². The Morgan fingerprint density at radius 3 is 2.65 bits per heavy atom. The molecule has 0 aromatic carbocycles. The zero-order chi connectivity index (χ0) is 27.5. The number of oxime groups is 1. The molecular formula is C22H29N5O8S2. The number of nitrogens with two attached hydrogens (primary N) is 1. The first-order valence-corrected chi connectivity index (χ1v) is 13.2. The first kappa shape index (κ1) is 28.4. The van der Waals surface area contributed by atoms with E-state index in [0.29, 0.717) is 17.7 Å². The lowest BCUT2D eigenvalue weighted by atomic mass is 9.91. The molecule has 202 valence electrons. The van der Waals surface area contributed by atoms with E-state index in [4.69, 9.17) is 19.9 Å². The second kappa shape index (κ2) is 11.5. The molecule has 0 aliphatic carbocycles.